The summed E-state index contributed by atoms with van der Waals surface area (Å²) in [5, 5.41) is 14.9. The summed E-state index contributed by atoms with van der Waals surface area (Å²) in [4.78, 5) is 10.5. The molecule has 1 aliphatic rings. The molecule has 0 aromatic rings. The van der Waals surface area contributed by atoms with Gasteiger partial charge in [-0.05, 0) is 19.8 Å². The summed E-state index contributed by atoms with van der Waals surface area (Å²) in [6, 6.07) is 0.304. The molecule has 1 N–H and O–H groups in total. The Bertz CT molecular complexity index is 253. The van der Waals surface area contributed by atoms with Crippen LogP contribution in [0, 0.1) is 0 Å². The zero-order valence-corrected chi connectivity index (χ0v) is 9.27. The van der Waals surface area contributed by atoms with Crippen LogP contribution in [-0.4, -0.2) is 48.1 Å². The van der Waals surface area contributed by atoms with Gasteiger partial charge in [0.2, 0.25) is 0 Å². The average molecular weight is 214 g/mol. The number of methoxy groups -OCH3 is 1. The molecule has 0 aromatic heterocycles. The first-order chi connectivity index (χ1) is 7.13. The molecule has 1 atom stereocenters. The van der Waals surface area contributed by atoms with Crippen LogP contribution < -0.4 is 0 Å². The van der Waals surface area contributed by atoms with Crippen molar-refractivity contribution in [3.05, 3.63) is 0 Å². The highest BCUT2D eigenvalue weighted by molar-refractivity contribution is 5.96. The van der Waals surface area contributed by atoms with E-state index in [-0.39, 0.29) is 6.42 Å². The molecule has 1 heterocycles. The molecule has 1 saturated heterocycles. The maximum absolute atomic E-state index is 10.5. The van der Waals surface area contributed by atoms with Crippen LogP contribution in [0.4, 0.5) is 0 Å². The topological polar surface area (TPSA) is 62.1 Å². The van der Waals surface area contributed by atoms with E-state index in [0.29, 0.717) is 18.4 Å². The van der Waals surface area contributed by atoms with E-state index in [2.05, 4.69) is 5.10 Å². The summed E-state index contributed by atoms with van der Waals surface area (Å²) in [7, 11) is 1.67. The predicted molar refractivity (Wildman–Crippen MR) is 57.0 cm³/mol. The van der Waals surface area contributed by atoms with E-state index < -0.39 is 5.97 Å². The summed E-state index contributed by atoms with van der Waals surface area (Å²) < 4.78 is 5.09. The zero-order chi connectivity index (χ0) is 11.3. The van der Waals surface area contributed by atoms with Gasteiger partial charge < -0.3 is 9.84 Å². The van der Waals surface area contributed by atoms with E-state index in [9.17, 15) is 4.79 Å². The first-order valence-corrected chi connectivity index (χ1v) is 5.15. The molecular weight excluding hydrogens is 196 g/mol. The molecule has 1 aliphatic heterocycles. The molecule has 0 aliphatic carbocycles. The van der Waals surface area contributed by atoms with Crippen molar-refractivity contribution in [1.82, 2.24) is 5.01 Å². The van der Waals surface area contributed by atoms with E-state index >= 15 is 0 Å². The Labute approximate surface area is 89.7 Å². The smallest absolute Gasteiger partial charge is 0.309 e. The molecule has 86 valence electrons. The Morgan fingerprint density at radius 3 is 3.00 bits per heavy atom. The SMILES string of the molecule is COC[C@@H]1CCCN1/N=C(/C)CC(=O)O. The maximum Gasteiger partial charge on any atom is 0.309 e. The van der Waals surface area contributed by atoms with Crippen molar-refractivity contribution in [3.8, 4) is 0 Å². The van der Waals surface area contributed by atoms with Gasteiger partial charge in [-0.15, -0.1) is 0 Å². The normalized spacial score (nSPS) is 22.1. The van der Waals surface area contributed by atoms with Crippen LogP contribution in [0.5, 0.6) is 0 Å². The molecule has 15 heavy (non-hydrogen) atoms. The number of carbonyl (C=O) groups is 1. The fraction of sp³-hybridized carbons (Fsp3) is 0.800. The molecule has 0 radical (unpaired) electrons. The number of carboxylic acid groups (broad SMARTS) is 1. The van der Waals surface area contributed by atoms with Crippen LogP contribution in [0.25, 0.3) is 0 Å². The molecule has 0 spiro atoms. The summed E-state index contributed by atoms with van der Waals surface area (Å²) in [5.74, 6) is -0.835. The predicted octanol–water partition coefficient (Wildman–Crippen LogP) is 0.948. The fourth-order valence-corrected chi connectivity index (χ4v) is 1.79. The van der Waals surface area contributed by atoms with Gasteiger partial charge >= 0.3 is 5.97 Å². The third-order valence-corrected chi connectivity index (χ3v) is 2.41. The highest BCUT2D eigenvalue weighted by atomic mass is 16.5. The second-order valence-corrected chi connectivity index (χ2v) is 3.82. The van der Waals surface area contributed by atoms with E-state index in [1.807, 2.05) is 5.01 Å². The number of hydrazone groups is 1. The molecule has 0 unspecified atom stereocenters. The van der Waals surface area contributed by atoms with E-state index in [1.165, 1.54) is 0 Å². The van der Waals surface area contributed by atoms with Gasteiger partial charge in [-0.25, -0.2) is 0 Å². The highest BCUT2D eigenvalue weighted by Crippen LogP contribution is 2.17. The minimum atomic E-state index is -0.835. The van der Waals surface area contributed by atoms with Crippen LogP contribution in [0.15, 0.2) is 5.10 Å². The van der Waals surface area contributed by atoms with Crippen LogP contribution in [0.3, 0.4) is 0 Å². The lowest BCUT2D eigenvalue weighted by atomic mass is 10.2. The number of carboxylic acids is 1. The first-order valence-electron chi connectivity index (χ1n) is 5.15. The van der Waals surface area contributed by atoms with Crippen LogP contribution in [0.1, 0.15) is 26.2 Å². The molecule has 1 rings (SSSR count). The summed E-state index contributed by atoms with van der Waals surface area (Å²) in [6.45, 7) is 3.30. The molecule has 5 nitrogen and oxygen atoms in total. The molecule has 1 fully saturated rings. The Morgan fingerprint density at radius 1 is 1.67 bits per heavy atom. The van der Waals surface area contributed by atoms with Gasteiger partial charge in [0.05, 0.1) is 19.1 Å². The minimum Gasteiger partial charge on any atom is -0.481 e. The van der Waals surface area contributed by atoms with Gasteiger partial charge in [-0.1, -0.05) is 0 Å². The standard InChI is InChI=1S/C10H18N2O3/c1-8(6-10(13)14)11-12-5-3-4-9(12)7-15-2/h9H,3-7H2,1-2H3,(H,13,14)/b11-8-/t9-/m0/s1. The molecule has 0 bridgehead atoms. The molecule has 0 amide bonds. The van der Waals surface area contributed by atoms with Crippen molar-refractivity contribution < 1.29 is 14.6 Å². The second-order valence-electron chi connectivity index (χ2n) is 3.82. The number of rotatable bonds is 5. The zero-order valence-electron chi connectivity index (χ0n) is 9.27. The van der Waals surface area contributed by atoms with Crippen molar-refractivity contribution in [2.75, 3.05) is 20.3 Å². The number of ether oxygens (including phenoxy) is 1. The van der Waals surface area contributed by atoms with E-state index in [1.54, 1.807) is 14.0 Å². The van der Waals surface area contributed by atoms with Gasteiger partial charge in [0.25, 0.3) is 0 Å². The maximum atomic E-state index is 10.5. The monoisotopic (exact) mass is 214 g/mol. The van der Waals surface area contributed by atoms with Crippen LogP contribution in [-0.2, 0) is 9.53 Å². The van der Waals surface area contributed by atoms with Gasteiger partial charge in [-0.3, -0.25) is 9.80 Å². The highest BCUT2D eigenvalue weighted by Gasteiger charge is 2.23. The minimum absolute atomic E-state index is 0.0101. The largest absolute Gasteiger partial charge is 0.481 e. The van der Waals surface area contributed by atoms with Gasteiger partial charge in [0.15, 0.2) is 0 Å². The van der Waals surface area contributed by atoms with Crippen molar-refractivity contribution >= 4 is 11.7 Å². The number of aliphatic carboxylic acids is 1. The molecular formula is C10H18N2O3. The number of hydrogen-bond acceptors (Lipinski definition) is 4. The lowest BCUT2D eigenvalue weighted by molar-refractivity contribution is -0.135. The van der Waals surface area contributed by atoms with Gasteiger partial charge in [0, 0.05) is 19.4 Å². The Kier molecular flexibility index (Phi) is 4.55. The van der Waals surface area contributed by atoms with Crippen molar-refractivity contribution in [2.24, 2.45) is 5.10 Å². The van der Waals surface area contributed by atoms with E-state index in [4.69, 9.17) is 9.84 Å². The van der Waals surface area contributed by atoms with Gasteiger partial charge in [-0.2, -0.15) is 5.10 Å². The summed E-state index contributed by atoms with van der Waals surface area (Å²) in [6.07, 6.45) is 2.17. The molecule has 0 saturated carbocycles. The Morgan fingerprint density at radius 2 is 2.40 bits per heavy atom. The third-order valence-electron chi connectivity index (χ3n) is 2.41. The lowest BCUT2D eigenvalue weighted by Gasteiger charge is -2.21. The van der Waals surface area contributed by atoms with Gasteiger partial charge in [0.1, 0.15) is 0 Å². The van der Waals surface area contributed by atoms with Crippen molar-refractivity contribution in [3.63, 3.8) is 0 Å². The summed E-state index contributed by atoms with van der Waals surface area (Å²) in [5.41, 5.74) is 0.644. The van der Waals surface area contributed by atoms with Crippen LogP contribution in [0.2, 0.25) is 0 Å². The number of nitrogens with zero attached hydrogens (tertiary/aromatic N) is 2. The molecule has 0 aromatic carbocycles. The van der Waals surface area contributed by atoms with Crippen molar-refractivity contribution in [1.29, 1.82) is 0 Å². The quantitative estimate of drug-likeness (QED) is 0.692. The second kappa shape index (κ2) is 5.70. The van der Waals surface area contributed by atoms with Crippen molar-refractivity contribution in [2.45, 2.75) is 32.2 Å². The lowest BCUT2D eigenvalue weighted by Crippen LogP contribution is -2.29. The van der Waals surface area contributed by atoms with E-state index in [0.717, 1.165) is 19.4 Å². The fourth-order valence-electron chi connectivity index (χ4n) is 1.79. The summed E-state index contributed by atoms with van der Waals surface area (Å²) >= 11 is 0. The number of hydrogen-bond donors (Lipinski definition) is 1. The first kappa shape index (κ1) is 12.0. The molecule has 5 heteroatoms. The third kappa shape index (κ3) is 3.87. The average Bonchev–Trinajstić information content (AvgIpc) is 2.52. The van der Waals surface area contributed by atoms with Crippen LogP contribution >= 0.6 is 0 Å². The Hall–Kier alpha value is -1.10. The Balaban J connectivity index is 2.51.